The maximum Gasteiger partial charge on any atom is 0.261 e. The number of hydrogen-bond donors (Lipinski definition) is 2. The summed E-state index contributed by atoms with van der Waals surface area (Å²) in [6.45, 7) is 0. The monoisotopic (exact) mass is 379 g/mol. The van der Waals surface area contributed by atoms with Gasteiger partial charge in [-0.25, -0.2) is 18.5 Å². The Morgan fingerprint density at radius 2 is 2.04 bits per heavy atom. The third kappa shape index (κ3) is 4.50. The van der Waals surface area contributed by atoms with Gasteiger partial charge in [0.05, 0.1) is 4.90 Å². The molecule has 1 saturated heterocycles. The number of aromatic nitrogens is 1. The van der Waals surface area contributed by atoms with Crippen molar-refractivity contribution >= 4 is 33.4 Å². The van der Waals surface area contributed by atoms with Crippen molar-refractivity contribution in [2.45, 2.75) is 17.4 Å². The number of amides is 1. The zero-order valence-electron chi connectivity index (χ0n) is 13.2. The molecule has 7 nitrogen and oxygen atoms in total. The molecule has 1 aliphatic heterocycles. The number of nitrogens with one attached hydrogen (secondary N) is 1. The van der Waals surface area contributed by atoms with Crippen LogP contribution in [-0.4, -0.2) is 36.9 Å². The van der Waals surface area contributed by atoms with Gasteiger partial charge in [0, 0.05) is 17.6 Å². The predicted molar refractivity (Wildman–Crippen MR) is 96.4 cm³/mol. The maximum atomic E-state index is 12.5. The first kappa shape index (κ1) is 17.7. The molecule has 9 heteroatoms. The van der Waals surface area contributed by atoms with Crippen LogP contribution in [0.1, 0.15) is 16.8 Å². The molecule has 1 fully saturated rings. The molecule has 1 aromatic carbocycles. The minimum atomic E-state index is -3.77. The standard InChI is InChI=1S/C16H17N3O4S2/c17-25(21,22)13-5-3-11(4-6-13)19-15(20)14-2-1-8-18-16(14)23-12-7-9-24-10-12/h1-6,8,12H,7,9-10H2,(H,19,20)(H2,17,21,22). The Balaban J connectivity index is 1.75. The van der Waals surface area contributed by atoms with Crippen molar-refractivity contribution in [3.63, 3.8) is 0 Å². The van der Waals surface area contributed by atoms with Crippen molar-refractivity contribution in [3.05, 3.63) is 48.2 Å². The highest BCUT2D eigenvalue weighted by Crippen LogP contribution is 2.25. The first-order valence-corrected chi connectivity index (χ1v) is 10.3. The minimum absolute atomic E-state index is 0.0189. The summed E-state index contributed by atoms with van der Waals surface area (Å²) < 4.78 is 28.4. The fourth-order valence-electron chi connectivity index (χ4n) is 2.35. The molecule has 1 unspecified atom stereocenters. The molecule has 25 heavy (non-hydrogen) atoms. The van der Waals surface area contributed by atoms with E-state index >= 15 is 0 Å². The highest BCUT2D eigenvalue weighted by Gasteiger charge is 2.21. The van der Waals surface area contributed by atoms with Crippen LogP contribution in [0.2, 0.25) is 0 Å². The van der Waals surface area contributed by atoms with Crippen LogP contribution in [0.5, 0.6) is 5.88 Å². The Morgan fingerprint density at radius 3 is 2.68 bits per heavy atom. The van der Waals surface area contributed by atoms with Gasteiger partial charge in [-0.2, -0.15) is 11.8 Å². The molecule has 3 N–H and O–H groups in total. The molecule has 2 aromatic rings. The summed E-state index contributed by atoms with van der Waals surface area (Å²) >= 11 is 1.81. The summed E-state index contributed by atoms with van der Waals surface area (Å²) in [4.78, 5) is 16.7. The van der Waals surface area contributed by atoms with Gasteiger partial charge >= 0.3 is 0 Å². The normalized spacial score (nSPS) is 17.2. The second-order valence-electron chi connectivity index (χ2n) is 5.48. The number of rotatable bonds is 5. The van der Waals surface area contributed by atoms with Gasteiger partial charge in [0.2, 0.25) is 15.9 Å². The number of hydrogen-bond acceptors (Lipinski definition) is 6. The number of anilines is 1. The van der Waals surface area contributed by atoms with Crippen LogP contribution in [0.3, 0.4) is 0 Å². The minimum Gasteiger partial charge on any atom is -0.473 e. The van der Waals surface area contributed by atoms with Crippen LogP contribution in [0.4, 0.5) is 5.69 Å². The second kappa shape index (κ2) is 7.42. The summed E-state index contributed by atoms with van der Waals surface area (Å²) in [6, 6.07) is 8.92. The fourth-order valence-corrected chi connectivity index (χ4v) is 3.96. The van der Waals surface area contributed by atoms with Gasteiger partial charge in [-0.1, -0.05) is 0 Å². The van der Waals surface area contributed by atoms with Crippen LogP contribution in [-0.2, 0) is 10.0 Å². The molecule has 1 amide bonds. The number of nitrogens with two attached hydrogens (primary N) is 1. The number of benzene rings is 1. The van der Waals surface area contributed by atoms with Crippen LogP contribution in [0.15, 0.2) is 47.5 Å². The number of ether oxygens (including phenoxy) is 1. The lowest BCUT2D eigenvalue weighted by Gasteiger charge is -2.14. The van der Waals surface area contributed by atoms with E-state index in [1.165, 1.54) is 24.3 Å². The summed E-state index contributed by atoms with van der Waals surface area (Å²) in [6.07, 6.45) is 2.56. The third-order valence-electron chi connectivity index (χ3n) is 3.62. The molecule has 0 bridgehead atoms. The molecule has 0 aliphatic carbocycles. The van der Waals surface area contributed by atoms with Gasteiger partial charge in [-0.3, -0.25) is 4.79 Å². The first-order valence-electron chi connectivity index (χ1n) is 7.57. The smallest absolute Gasteiger partial charge is 0.261 e. The van der Waals surface area contributed by atoms with Gasteiger partial charge in [-0.15, -0.1) is 0 Å². The molecule has 132 valence electrons. The Labute approximate surface area is 150 Å². The van der Waals surface area contributed by atoms with Crippen molar-refractivity contribution < 1.29 is 17.9 Å². The number of nitrogens with zero attached hydrogens (tertiary/aromatic N) is 1. The van der Waals surface area contributed by atoms with Crippen molar-refractivity contribution in [3.8, 4) is 5.88 Å². The highest BCUT2D eigenvalue weighted by molar-refractivity contribution is 7.99. The summed E-state index contributed by atoms with van der Waals surface area (Å²) in [5.74, 6) is 1.84. The van der Waals surface area contributed by atoms with Crippen LogP contribution in [0.25, 0.3) is 0 Å². The Bertz CT molecular complexity index is 863. The summed E-state index contributed by atoms with van der Waals surface area (Å²) in [5, 5.41) is 7.76. The lowest BCUT2D eigenvalue weighted by Crippen LogP contribution is -2.20. The van der Waals surface area contributed by atoms with Gasteiger partial charge in [0.25, 0.3) is 5.91 Å². The van der Waals surface area contributed by atoms with Gasteiger partial charge < -0.3 is 10.1 Å². The Morgan fingerprint density at radius 1 is 1.28 bits per heavy atom. The molecule has 2 heterocycles. The second-order valence-corrected chi connectivity index (χ2v) is 8.19. The molecule has 1 aliphatic rings. The Hall–Kier alpha value is -2.10. The fraction of sp³-hybridized carbons (Fsp3) is 0.250. The van der Waals surface area contributed by atoms with E-state index in [2.05, 4.69) is 10.3 Å². The van der Waals surface area contributed by atoms with E-state index < -0.39 is 10.0 Å². The molecule has 1 atom stereocenters. The summed E-state index contributed by atoms with van der Waals surface area (Å²) in [7, 11) is -3.77. The molecule has 1 aromatic heterocycles. The van der Waals surface area contributed by atoms with E-state index in [1.807, 2.05) is 11.8 Å². The van der Waals surface area contributed by atoms with Crippen molar-refractivity contribution in [1.29, 1.82) is 0 Å². The number of pyridine rings is 1. The van der Waals surface area contributed by atoms with Crippen molar-refractivity contribution in [2.24, 2.45) is 5.14 Å². The van der Waals surface area contributed by atoms with E-state index in [-0.39, 0.29) is 16.9 Å². The SMILES string of the molecule is NS(=O)(=O)c1ccc(NC(=O)c2cccnc2OC2CCSC2)cc1. The van der Waals surface area contributed by atoms with Crippen molar-refractivity contribution in [2.75, 3.05) is 16.8 Å². The molecule has 0 spiro atoms. The average Bonchev–Trinajstić information content (AvgIpc) is 3.08. The molecule has 3 rings (SSSR count). The zero-order valence-corrected chi connectivity index (χ0v) is 14.8. The van der Waals surface area contributed by atoms with Gasteiger partial charge in [0.1, 0.15) is 11.7 Å². The van der Waals surface area contributed by atoms with E-state index in [0.717, 1.165) is 17.9 Å². The number of sulfonamides is 1. The number of carbonyl (C=O) groups is 1. The molecule has 0 radical (unpaired) electrons. The summed E-state index contributed by atoms with van der Waals surface area (Å²) in [5.41, 5.74) is 0.776. The predicted octanol–water partition coefficient (Wildman–Crippen LogP) is 1.87. The Kier molecular flexibility index (Phi) is 5.26. The zero-order chi connectivity index (χ0) is 17.9. The van der Waals surface area contributed by atoms with E-state index in [1.54, 1.807) is 18.3 Å². The largest absolute Gasteiger partial charge is 0.473 e. The average molecular weight is 379 g/mol. The lowest BCUT2D eigenvalue weighted by atomic mass is 10.2. The first-order chi connectivity index (χ1) is 11.9. The van der Waals surface area contributed by atoms with E-state index in [0.29, 0.717) is 17.1 Å². The lowest BCUT2D eigenvalue weighted by molar-refractivity contribution is 0.101. The molecule has 0 saturated carbocycles. The van der Waals surface area contributed by atoms with E-state index in [4.69, 9.17) is 9.88 Å². The topological polar surface area (TPSA) is 111 Å². The quantitative estimate of drug-likeness (QED) is 0.820. The van der Waals surface area contributed by atoms with Crippen molar-refractivity contribution in [1.82, 2.24) is 4.98 Å². The number of primary sulfonamides is 1. The number of thioether (sulfide) groups is 1. The number of carbonyl (C=O) groups excluding carboxylic acids is 1. The third-order valence-corrected chi connectivity index (χ3v) is 5.68. The van der Waals surface area contributed by atoms with Crippen LogP contribution < -0.4 is 15.2 Å². The van der Waals surface area contributed by atoms with Gasteiger partial charge in [0.15, 0.2) is 0 Å². The van der Waals surface area contributed by atoms with Crippen LogP contribution in [0, 0.1) is 0 Å². The van der Waals surface area contributed by atoms with E-state index in [9.17, 15) is 13.2 Å². The van der Waals surface area contributed by atoms with Crippen LogP contribution >= 0.6 is 11.8 Å². The highest BCUT2D eigenvalue weighted by atomic mass is 32.2. The van der Waals surface area contributed by atoms with Gasteiger partial charge in [-0.05, 0) is 48.6 Å². The molecular weight excluding hydrogens is 362 g/mol. The maximum absolute atomic E-state index is 12.5. The molecular formula is C16H17N3O4S2.